The molecular formula is C20H22FN7O2. The molecule has 0 spiro atoms. The van der Waals surface area contributed by atoms with Crippen LogP contribution in [0, 0.1) is 0 Å². The van der Waals surface area contributed by atoms with Crippen molar-refractivity contribution in [2.45, 2.75) is 18.6 Å². The fourth-order valence-electron chi connectivity index (χ4n) is 3.89. The van der Waals surface area contributed by atoms with Crippen molar-refractivity contribution in [2.24, 2.45) is 5.73 Å². The van der Waals surface area contributed by atoms with Crippen LogP contribution >= 0.6 is 0 Å². The number of H-pyrrole nitrogens is 1. The van der Waals surface area contributed by atoms with Gasteiger partial charge in [0.05, 0.1) is 29.4 Å². The van der Waals surface area contributed by atoms with Crippen LogP contribution in [-0.2, 0) is 0 Å². The van der Waals surface area contributed by atoms with Crippen molar-refractivity contribution in [3.8, 4) is 16.9 Å². The molecule has 9 nitrogen and oxygen atoms in total. The van der Waals surface area contributed by atoms with Gasteiger partial charge in [0.2, 0.25) is 0 Å². The molecule has 4 aromatic rings. The molecule has 0 aromatic carbocycles. The van der Waals surface area contributed by atoms with E-state index in [2.05, 4.69) is 20.3 Å². The second-order valence-electron chi connectivity index (χ2n) is 7.42. The Morgan fingerprint density at radius 1 is 1.33 bits per heavy atom. The first-order valence-electron chi connectivity index (χ1n) is 9.83. The summed E-state index contributed by atoms with van der Waals surface area (Å²) >= 11 is 0. The van der Waals surface area contributed by atoms with Crippen LogP contribution in [0.15, 0.2) is 36.8 Å². The number of alkyl halides is 1. The lowest BCUT2D eigenvalue weighted by atomic mass is 10.0. The smallest absolute Gasteiger partial charge is 0.178 e. The van der Waals surface area contributed by atoms with Crippen molar-refractivity contribution in [3.05, 3.63) is 36.8 Å². The van der Waals surface area contributed by atoms with Gasteiger partial charge >= 0.3 is 0 Å². The van der Waals surface area contributed by atoms with Crippen molar-refractivity contribution >= 4 is 22.4 Å². The first-order valence-corrected chi connectivity index (χ1v) is 9.83. The number of anilines is 1. The molecule has 156 valence electrons. The third kappa shape index (κ3) is 3.23. The van der Waals surface area contributed by atoms with Crippen LogP contribution in [-0.4, -0.2) is 68.4 Å². The number of ether oxygens (including phenoxy) is 1. The number of aliphatic hydroxyl groups is 1. The predicted octanol–water partition coefficient (Wildman–Crippen LogP) is 1.52. The van der Waals surface area contributed by atoms with E-state index in [-0.39, 0.29) is 12.6 Å². The number of nitrogens with one attached hydrogen (secondary N) is 1. The highest BCUT2D eigenvalue weighted by molar-refractivity contribution is 6.00. The Bertz CT molecular complexity index is 1170. The lowest BCUT2D eigenvalue weighted by molar-refractivity contribution is 0.131. The molecule has 0 bridgehead atoms. The summed E-state index contributed by atoms with van der Waals surface area (Å²) in [4.78, 5) is 6.64. The molecule has 1 aliphatic rings. The maximum absolute atomic E-state index is 12.6. The van der Waals surface area contributed by atoms with Crippen LogP contribution in [0.2, 0.25) is 0 Å². The fourth-order valence-corrected chi connectivity index (χ4v) is 3.89. The zero-order valence-corrected chi connectivity index (χ0v) is 16.2. The fraction of sp³-hybridized carbons (Fsp3) is 0.350. The standard InChI is InChI=1S/C20H22FN7O2/c21-4-6-30-13-7-14(19-15-9-24-25-20(15)26-28(19)10-13)12-1-2-18(23-8-12)27-5-3-16(22)17(29)11-27/h1-2,7-10,16-17,29H,3-6,11,22H2,(H,25,26)/t16-,17-/m0/s1. The van der Waals surface area contributed by atoms with Gasteiger partial charge < -0.3 is 20.5 Å². The number of aromatic amines is 1. The third-order valence-electron chi connectivity index (χ3n) is 5.47. The van der Waals surface area contributed by atoms with Gasteiger partial charge in [-0.3, -0.25) is 5.10 Å². The van der Waals surface area contributed by atoms with Crippen molar-refractivity contribution < 1.29 is 14.2 Å². The number of rotatable bonds is 5. The second-order valence-corrected chi connectivity index (χ2v) is 7.42. The molecule has 0 aliphatic carbocycles. The minimum absolute atomic E-state index is 0.0255. The van der Waals surface area contributed by atoms with Gasteiger partial charge in [0.25, 0.3) is 0 Å². The van der Waals surface area contributed by atoms with Crippen LogP contribution < -0.4 is 15.4 Å². The summed E-state index contributed by atoms with van der Waals surface area (Å²) in [6, 6.07) is 5.56. The average Bonchev–Trinajstić information content (AvgIpc) is 3.35. The largest absolute Gasteiger partial charge is 0.489 e. The number of piperidine rings is 1. The summed E-state index contributed by atoms with van der Waals surface area (Å²) in [6.45, 7) is 0.614. The van der Waals surface area contributed by atoms with E-state index >= 15 is 0 Å². The van der Waals surface area contributed by atoms with Crippen molar-refractivity contribution in [3.63, 3.8) is 0 Å². The van der Waals surface area contributed by atoms with Gasteiger partial charge in [0.15, 0.2) is 5.65 Å². The third-order valence-corrected chi connectivity index (χ3v) is 5.47. The van der Waals surface area contributed by atoms with Crippen molar-refractivity contribution in [2.75, 3.05) is 31.3 Å². The van der Waals surface area contributed by atoms with Gasteiger partial charge in [-0.25, -0.2) is 13.9 Å². The topological polar surface area (TPSA) is 118 Å². The average molecular weight is 411 g/mol. The Morgan fingerprint density at radius 3 is 3.00 bits per heavy atom. The molecule has 1 saturated heterocycles. The van der Waals surface area contributed by atoms with Crippen molar-refractivity contribution in [1.29, 1.82) is 0 Å². The number of halogens is 1. The van der Waals surface area contributed by atoms with E-state index in [9.17, 15) is 9.50 Å². The Balaban J connectivity index is 1.54. The SMILES string of the molecule is N[C@H]1CCN(c2ccc(-c3cc(OCCF)cn4nc5[nH]ncc5c34)cn2)C[C@@H]1O. The number of aliphatic hydroxyl groups excluding tert-OH is 1. The molecule has 0 amide bonds. The van der Waals surface area contributed by atoms with Gasteiger partial charge in [-0.15, -0.1) is 5.10 Å². The number of β-amino-alcohol motifs (C(OH)–C–C–N with tert-alkyl or cyclic N) is 1. The van der Waals surface area contributed by atoms with Gasteiger partial charge in [0.1, 0.15) is 24.8 Å². The number of hydrogen-bond acceptors (Lipinski definition) is 7. The van der Waals surface area contributed by atoms with Crippen molar-refractivity contribution in [1.82, 2.24) is 24.8 Å². The van der Waals surface area contributed by atoms with Gasteiger partial charge in [-0.1, -0.05) is 0 Å². The maximum atomic E-state index is 12.6. The van der Waals surface area contributed by atoms with E-state index in [1.165, 1.54) is 0 Å². The molecule has 30 heavy (non-hydrogen) atoms. The highest BCUT2D eigenvalue weighted by Gasteiger charge is 2.25. The van der Waals surface area contributed by atoms with Gasteiger partial charge in [-0.05, 0) is 24.6 Å². The highest BCUT2D eigenvalue weighted by atomic mass is 19.1. The molecule has 1 aliphatic heterocycles. The van der Waals surface area contributed by atoms with Gasteiger partial charge in [0, 0.05) is 36.5 Å². The number of nitrogens with zero attached hydrogens (tertiary/aromatic N) is 5. The molecule has 4 aromatic heterocycles. The Kier molecular flexibility index (Phi) is 4.72. The number of fused-ring (bicyclic) bond motifs is 3. The monoisotopic (exact) mass is 411 g/mol. The zero-order chi connectivity index (χ0) is 20.7. The molecule has 1 fully saturated rings. The minimum Gasteiger partial charge on any atom is -0.489 e. The van der Waals surface area contributed by atoms with Crippen LogP contribution in [0.3, 0.4) is 0 Å². The number of aromatic nitrogens is 5. The minimum atomic E-state index is -0.571. The van der Waals surface area contributed by atoms with E-state index in [4.69, 9.17) is 10.5 Å². The van der Waals surface area contributed by atoms with Crippen LogP contribution in [0.1, 0.15) is 6.42 Å². The lowest BCUT2D eigenvalue weighted by Crippen LogP contribution is -2.50. The molecule has 5 rings (SSSR count). The summed E-state index contributed by atoms with van der Waals surface area (Å²) in [7, 11) is 0. The number of hydrogen-bond donors (Lipinski definition) is 3. The molecule has 0 unspecified atom stereocenters. The number of nitrogens with two attached hydrogens (primary N) is 1. The van der Waals surface area contributed by atoms with Crippen LogP contribution in [0.25, 0.3) is 27.7 Å². The summed E-state index contributed by atoms with van der Waals surface area (Å²) in [5, 5.41) is 22.4. The second kappa shape index (κ2) is 7.54. The Hall–Kier alpha value is -3.24. The maximum Gasteiger partial charge on any atom is 0.178 e. The Morgan fingerprint density at radius 2 is 2.23 bits per heavy atom. The van der Waals surface area contributed by atoms with E-state index in [1.807, 2.05) is 23.1 Å². The van der Waals surface area contributed by atoms with E-state index in [1.54, 1.807) is 23.1 Å². The molecule has 4 N–H and O–H groups in total. The molecule has 5 heterocycles. The van der Waals surface area contributed by atoms with E-state index in [0.717, 1.165) is 34.4 Å². The molecule has 0 radical (unpaired) electrons. The van der Waals surface area contributed by atoms with E-state index in [0.29, 0.717) is 24.4 Å². The molecule has 10 heteroatoms. The summed E-state index contributed by atoms with van der Waals surface area (Å²) in [6.07, 6.45) is 5.38. The summed E-state index contributed by atoms with van der Waals surface area (Å²) < 4.78 is 19.8. The highest BCUT2D eigenvalue weighted by Crippen LogP contribution is 2.33. The summed E-state index contributed by atoms with van der Waals surface area (Å²) in [5.74, 6) is 1.30. The molecule has 0 saturated carbocycles. The zero-order valence-electron chi connectivity index (χ0n) is 16.2. The lowest BCUT2D eigenvalue weighted by Gasteiger charge is -2.34. The van der Waals surface area contributed by atoms with Crippen LogP contribution in [0.5, 0.6) is 5.75 Å². The quantitative estimate of drug-likeness (QED) is 0.456. The van der Waals surface area contributed by atoms with Crippen LogP contribution in [0.4, 0.5) is 10.2 Å². The Labute approximate surface area is 171 Å². The molecular weight excluding hydrogens is 389 g/mol. The predicted molar refractivity (Wildman–Crippen MR) is 110 cm³/mol. The number of pyridine rings is 2. The van der Waals surface area contributed by atoms with E-state index < -0.39 is 12.8 Å². The normalized spacial score (nSPS) is 19.6. The first kappa shape index (κ1) is 18.8. The summed E-state index contributed by atoms with van der Waals surface area (Å²) in [5.41, 5.74) is 9.14. The molecule has 2 atom stereocenters. The van der Waals surface area contributed by atoms with Gasteiger partial charge in [-0.2, -0.15) is 5.10 Å². The first-order chi connectivity index (χ1) is 14.6.